The zero-order valence-electron chi connectivity index (χ0n) is 24.9. The lowest BCUT2D eigenvalue weighted by Crippen LogP contribution is -2.60. The van der Waals surface area contributed by atoms with Gasteiger partial charge in [-0.1, -0.05) is 32.9 Å². The average molecular weight is 569 g/mol. The molecule has 3 saturated heterocycles. The number of allylic oxidation sites excluding steroid dienone is 1. The number of esters is 1. The number of benzene rings is 1. The van der Waals surface area contributed by atoms with E-state index in [1.165, 1.54) is 4.90 Å². The number of amides is 2. The summed E-state index contributed by atoms with van der Waals surface area (Å²) in [6.07, 6.45) is 5.15. The van der Waals surface area contributed by atoms with Crippen LogP contribution < -0.4 is 9.64 Å². The Bertz CT molecular complexity index is 1170. The van der Waals surface area contributed by atoms with Gasteiger partial charge in [-0.05, 0) is 62.3 Å². The summed E-state index contributed by atoms with van der Waals surface area (Å²) in [7, 11) is 1.57. The molecule has 3 heterocycles. The van der Waals surface area contributed by atoms with E-state index in [-0.39, 0.29) is 43.4 Å². The molecular weight excluding hydrogens is 524 g/mol. The standard InChI is InChI=1S/C32H44N2O7/c1-8-10-11-17-40-30(38)26-25-28(36)34(24(19-35)20(3)4)27(32(25)18-21(5)31(26,6)41-32)29(37)33(16-9-2)22-12-14-23(39-7)15-13-22/h8-9,12-15,20-21,24-27,35H,1-2,10-11,16-19H2,3-7H3/t21?,24-,25-,26+,27?,31-,32?/m0/s1. The molecule has 1 spiro atoms. The van der Waals surface area contributed by atoms with Gasteiger partial charge in [0, 0.05) is 12.2 Å². The molecule has 3 unspecified atom stereocenters. The van der Waals surface area contributed by atoms with E-state index in [9.17, 15) is 19.5 Å². The van der Waals surface area contributed by atoms with Crippen LogP contribution in [-0.4, -0.2) is 77.9 Å². The molecule has 3 aliphatic heterocycles. The van der Waals surface area contributed by atoms with Gasteiger partial charge in [-0.2, -0.15) is 0 Å². The van der Waals surface area contributed by atoms with Crippen molar-refractivity contribution in [2.75, 3.05) is 31.8 Å². The molecule has 0 aliphatic carbocycles. The summed E-state index contributed by atoms with van der Waals surface area (Å²) in [5.74, 6) is -2.59. The number of ether oxygens (including phenoxy) is 3. The van der Waals surface area contributed by atoms with Crippen LogP contribution in [-0.2, 0) is 23.9 Å². The number of aliphatic hydroxyl groups excluding tert-OH is 1. The number of hydrogen-bond donors (Lipinski definition) is 1. The molecule has 224 valence electrons. The van der Waals surface area contributed by atoms with Crippen molar-refractivity contribution in [2.24, 2.45) is 23.7 Å². The third-order valence-electron chi connectivity index (χ3n) is 9.31. The van der Waals surface area contributed by atoms with E-state index in [0.717, 1.165) is 0 Å². The predicted octanol–water partition coefficient (Wildman–Crippen LogP) is 3.75. The zero-order valence-corrected chi connectivity index (χ0v) is 24.9. The number of carbonyl (C=O) groups is 3. The highest BCUT2D eigenvalue weighted by Gasteiger charge is 2.81. The third-order valence-corrected chi connectivity index (χ3v) is 9.31. The van der Waals surface area contributed by atoms with Crippen molar-refractivity contribution in [3.63, 3.8) is 0 Å². The lowest BCUT2D eigenvalue weighted by atomic mass is 9.62. The summed E-state index contributed by atoms with van der Waals surface area (Å²) < 4.78 is 17.8. The van der Waals surface area contributed by atoms with Crippen molar-refractivity contribution in [3.8, 4) is 5.75 Å². The fourth-order valence-electron chi connectivity index (χ4n) is 7.14. The summed E-state index contributed by atoms with van der Waals surface area (Å²) >= 11 is 0. The van der Waals surface area contributed by atoms with Gasteiger partial charge >= 0.3 is 5.97 Å². The van der Waals surface area contributed by atoms with Gasteiger partial charge in [0.1, 0.15) is 23.3 Å². The number of likely N-dealkylation sites (tertiary alicyclic amines) is 1. The Hall–Kier alpha value is -3.17. The number of carbonyl (C=O) groups excluding carboxylic acids is 3. The SMILES string of the molecule is C=CCCCOC(=O)[C@H]1[C@H]2C(=O)N([C@@H](CO)C(C)C)C(C(=O)N(CC=C)c3ccc(OC)cc3)C23CC(C)[C@]1(C)O3. The van der Waals surface area contributed by atoms with Crippen LogP contribution in [0.5, 0.6) is 5.75 Å². The quantitative estimate of drug-likeness (QED) is 0.220. The molecule has 0 radical (unpaired) electrons. The van der Waals surface area contributed by atoms with E-state index < -0.39 is 41.1 Å². The number of nitrogens with zero attached hydrogens (tertiary/aromatic N) is 2. The number of methoxy groups -OCH3 is 1. The van der Waals surface area contributed by atoms with E-state index in [2.05, 4.69) is 13.2 Å². The van der Waals surface area contributed by atoms with Crippen molar-refractivity contribution in [1.29, 1.82) is 0 Å². The van der Waals surface area contributed by atoms with Crippen molar-refractivity contribution >= 4 is 23.5 Å². The maximum atomic E-state index is 14.7. The number of anilines is 1. The third kappa shape index (κ3) is 4.97. The topological polar surface area (TPSA) is 106 Å². The van der Waals surface area contributed by atoms with Crippen molar-refractivity contribution < 1.29 is 33.7 Å². The lowest BCUT2D eigenvalue weighted by molar-refractivity contribution is -0.162. The summed E-state index contributed by atoms with van der Waals surface area (Å²) in [5, 5.41) is 10.5. The maximum absolute atomic E-state index is 14.7. The van der Waals surface area contributed by atoms with Crippen LogP contribution in [0.25, 0.3) is 0 Å². The van der Waals surface area contributed by atoms with Gasteiger partial charge in [0.2, 0.25) is 5.91 Å². The lowest BCUT2D eigenvalue weighted by Gasteiger charge is -2.40. The number of fused-ring (bicyclic) bond motifs is 1. The van der Waals surface area contributed by atoms with E-state index in [4.69, 9.17) is 14.2 Å². The molecular formula is C32H44N2O7. The van der Waals surface area contributed by atoms with Crippen LogP contribution in [0.3, 0.4) is 0 Å². The molecule has 1 N–H and O–H groups in total. The number of unbranched alkanes of at least 4 members (excludes halogenated alkanes) is 1. The fraction of sp³-hybridized carbons (Fsp3) is 0.594. The second kappa shape index (κ2) is 12.0. The van der Waals surface area contributed by atoms with Crippen molar-refractivity contribution in [1.82, 2.24) is 4.90 Å². The van der Waals surface area contributed by atoms with E-state index in [1.54, 1.807) is 48.4 Å². The minimum Gasteiger partial charge on any atom is -0.497 e. The van der Waals surface area contributed by atoms with Crippen LogP contribution in [0, 0.1) is 23.7 Å². The van der Waals surface area contributed by atoms with Crippen molar-refractivity contribution in [2.45, 2.75) is 70.2 Å². The highest BCUT2D eigenvalue weighted by molar-refractivity contribution is 6.05. The van der Waals surface area contributed by atoms with Gasteiger partial charge in [0.15, 0.2) is 0 Å². The van der Waals surface area contributed by atoms with Gasteiger partial charge in [0.25, 0.3) is 5.91 Å². The first kappa shape index (κ1) is 30.8. The monoisotopic (exact) mass is 568 g/mol. The van der Waals surface area contributed by atoms with E-state index in [1.807, 2.05) is 27.7 Å². The molecule has 2 bridgehead atoms. The molecule has 41 heavy (non-hydrogen) atoms. The molecule has 4 rings (SSSR count). The summed E-state index contributed by atoms with van der Waals surface area (Å²) in [5.41, 5.74) is -1.62. The van der Waals surface area contributed by atoms with E-state index >= 15 is 0 Å². The Morgan fingerprint density at radius 3 is 2.49 bits per heavy atom. The van der Waals surface area contributed by atoms with Gasteiger partial charge in [-0.25, -0.2) is 0 Å². The molecule has 3 fully saturated rings. The average Bonchev–Trinajstić information content (AvgIpc) is 3.46. The van der Waals surface area contributed by atoms with Gasteiger partial charge < -0.3 is 29.1 Å². The first-order valence-electron chi connectivity index (χ1n) is 14.5. The van der Waals surface area contributed by atoms with Crippen LogP contribution in [0.15, 0.2) is 49.6 Å². The molecule has 9 nitrogen and oxygen atoms in total. The molecule has 0 aromatic heterocycles. The molecule has 2 amide bonds. The van der Waals surface area contributed by atoms with Gasteiger partial charge in [-0.3, -0.25) is 14.4 Å². The van der Waals surface area contributed by atoms with Gasteiger partial charge in [-0.15, -0.1) is 13.2 Å². The van der Waals surface area contributed by atoms with Crippen LogP contribution >= 0.6 is 0 Å². The zero-order chi connectivity index (χ0) is 30.1. The number of hydrogen-bond acceptors (Lipinski definition) is 7. The minimum absolute atomic E-state index is 0.118. The normalized spacial score (nSPS) is 30.7. The number of rotatable bonds is 13. The highest BCUT2D eigenvalue weighted by Crippen LogP contribution is 2.66. The molecule has 7 atom stereocenters. The first-order chi connectivity index (χ1) is 19.5. The van der Waals surface area contributed by atoms with Gasteiger partial charge in [0.05, 0.1) is 37.9 Å². The second-order valence-corrected chi connectivity index (χ2v) is 12.0. The van der Waals surface area contributed by atoms with Crippen LogP contribution in [0.1, 0.15) is 47.0 Å². The Morgan fingerprint density at radius 1 is 1.24 bits per heavy atom. The summed E-state index contributed by atoms with van der Waals surface area (Å²) in [6.45, 7) is 15.3. The molecule has 9 heteroatoms. The van der Waals surface area contributed by atoms with Crippen molar-refractivity contribution in [3.05, 3.63) is 49.6 Å². The predicted molar refractivity (Wildman–Crippen MR) is 155 cm³/mol. The Kier molecular flexibility index (Phi) is 8.99. The summed E-state index contributed by atoms with van der Waals surface area (Å²) in [4.78, 5) is 45.9. The van der Waals surface area contributed by atoms with Crippen LogP contribution in [0.2, 0.25) is 0 Å². The Labute approximate surface area is 243 Å². The Balaban J connectivity index is 1.82. The smallest absolute Gasteiger partial charge is 0.312 e. The molecule has 3 aliphatic rings. The Morgan fingerprint density at radius 2 is 1.93 bits per heavy atom. The van der Waals surface area contributed by atoms with Crippen LogP contribution in [0.4, 0.5) is 5.69 Å². The van der Waals surface area contributed by atoms with E-state index in [0.29, 0.717) is 30.7 Å². The summed E-state index contributed by atoms with van der Waals surface area (Å²) in [6, 6.07) is 5.39. The molecule has 1 aromatic rings. The highest BCUT2D eigenvalue weighted by atomic mass is 16.6. The molecule has 1 aromatic carbocycles. The second-order valence-electron chi connectivity index (χ2n) is 12.0. The maximum Gasteiger partial charge on any atom is 0.312 e. The minimum atomic E-state index is -1.25. The first-order valence-corrected chi connectivity index (χ1v) is 14.5. The fourth-order valence-corrected chi connectivity index (χ4v) is 7.14. The largest absolute Gasteiger partial charge is 0.497 e. The molecule has 0 saturated carbocycles. The number of aliphatic hydroxyl groups is 1.